The molecule has 0 fully saturated rings. The summed E-state index contributed by atoms with van der Waals surface area (Å²) >= 11 is 0. The Kier molecular flexibility index (Phi) is 4.87. The minimum Gasteiger partial charge on any atom is -0.366 e. The van der Waals surface area contributed by atoms with Gasteiger partial charge in [-0.25, -0.2) is 0 Å². The van der Waals surface area contributed by atoms with Gasteiger partial charge < -0.3 is 10.6 Å². The molecule has 0 aliphatic heterocycles. The third-order valence-corrected chi connectivity index (χ3v) is 3.30. The van der Waals surface area contributed by atoms with Crippen LogP contribution in [0.1, 0.15) is 36.2 Å². The highest BCUT2D eigenvalue weighted by atomic mass is 16.1. The van der Waals surface area contributed by atoms with Crippen molar-refractivity contribution in [3.63, 3.8) is 0 Å². The molecule has 1 aromatic carbocycles. The molecule has 110 valence electrons. The van der Waals surface area contributed by atoms with E-state index in [-0.39, 0.29) is 5.91 Å². The average Bonchev–Trinajstić information content (AvgIpc) is 2.49. The van der Waals surface area contributed by atoms with Crippen LogP contribution in [0, 0.1) is 6.92 Å². The monoisotopic (exact) mass is 284 g/mol. The molecule has 21 heavy (non-hydrogen) atoms. The first-order valence-corrected chi connectivity index (χ1v) is 7.07. The summed E-state index contributed by atoms with van der Waals surface area (Å²) in [6.45, 7) is 6.08. The number of aromatic nitrogens is 2. The molecule has 2 rings (SSSR count). The minimum absolute atomic E-state index is 0.176. The second-order valence-corrected chi connectivity index (χ2v) is 5.03. The van der Waals surface area contributed by atoms with Crippen molar-refractivity contribution < 1.29 is 4.79 Å². The maximum atomic E-state index is 12.1. The van der Waals surface area contributed by atoms with Crippen molar-refractivity contribution in [2.45, 2.75) is 33.2 Å². The quantitative estimate of drug-likeness (QED) is 0.884. The Bertz CT molecular complexity index is 610. The van der Waals surface area contributed by atoms with E-state index in [2.05, 4.69) is 34.7 Å². The van der Waals surface area contributed by atoms with E-state index >= 15 is 0 Å². The summed E-state index contributed by atoms with van der Waals surface area (Å²) in [6.07, 6.45) is 1.01. The maximum Gasteiger partial charge on any atom is 0.257 e. The number of carbonyl (C=O) groups excluding carboxylic acids is 1. The second-order valence-electron chi connectivity index (χ2n) is 5.03. The highest BCUT2D eigenvalue weighted by Gasteiger charge is 2.09. The summed E-state index contributed by atoms with van der Waals surface area (Å²) in [5.41, 5.74) is 1.57. The van der Waals surface area contributed by atoms with Crippen LogP contribution in [0.2, 0.25) is 0 Å². The molecule has 0 bridgehead atoms. The molecule has 5 nitrogen and oxygen atoms in total. The summed E-state index contributed by atoms with van der Waals surface area (Å²) in [6, 6.07) is 11.3. The van der Waals surface area contributed by atoms with Gasteiger partial charge in [-0.15, -0.1) is 10.2 Å². The number of carbonyl (C=O) groups is 1. The van der Waals surface area contributed by atoms with Gasteiger partial charge in [0, 0.05) is 11.6 Å². The summed E-state index contributed by atoms with van der Waals surface area (Å²) in [5, 5.41) is 14.1. The van der Waals surface area contributed by atoms with Crippen LogP contribution in [0.3, 0.4) is 0 Å². The van der Waals surface area contributed by atoms with Crippen LogP contribution < -0.4 is 10.6 Å². The standard InChI is InChI=1S/C16H20N4O/c1-4-12(3)17-14-9-10-15(20-19-14)18-16(21)13-8-6-5-7-11(13)2/h5-10,12H,4H2,1-3H3,(H,17,19)(H,18,20,21). The van der Waals surface area contributed by atoms with Crippen LogP contribution in [-0.4, -0.2) is 22.1 Å². The number of nitrogens with one attached hydrogen (secondary N) is 2. The fourth-order valence-corrected chi connectivity index (χ4v) is 1.84. The fourth-order valence-electron chi connectivity index (χ4n) is 1.84. The topological polar surface area (TPSA) is 66.9 Å². The fraction of sp³-hybridized carbons (Fsp3) is 0.312. The van der Waals surface area contributed by atoms with Gasteiger partial charge in [0.15, 0.2) is 5.82 Å². The molecule has 0 aliphatic carbocycles. The molecule has 2 N–H and O–H groups in total. The molecule has 0 radical (unpaired) electrons. The Morgan fingerprint density at radius 1 is 1.14 bits per heavy atom. The number of amides is 1. The van der Waals surface area contributed by atoms with E-state index in [4.69, 9.17) is 0 Å². The lowest BCUT2D eigenvalue weighted by Crippen LogP contribution is -2.17. The summed E-state index contributed by atoms with van der Waals surface area (Å²) in [4.78, 5) is 12.1. The summed E-state index contributed by atoms with van der Waals surface area (Å²) < 4.78 is 0. The number of benzene rings is 1. The zero-order valence-electron chi connectivity index (χ0n) is 12.6. The highest BCUT2D eigenvalue weighted by molar-refractivity contribution is 6.04. The van der Waals surface area contributed by atoms with E-state index in [9.17, 15) is 4.79 Å². The minimum atomic E-state index is -0.176. The van der Waals surface area contributed by atoms with Crippen molar-refractivity contribution in [2.24, 2.45) is 0 Å². The van der Waals surface area contributed by atoms with E-state index in [1.807, 2.05) is 31.2 Å². The Hall–Kier alpha value is -2.43. The van der Waals surface area contributed by atoms with E-state index in [0.717, 1.165) is 12.0 Å². The van der Waals surface area contributed by atoms with Crippen molar-refractivity contribution in [3.8, 4) is 0 Å². The number of aryl methyl sites for hydroxylation is 1. The molecular weight excluding hydrogens is 264 g/mol. The van der Waals surface area contributed by atoms with E-state index < -0.39 is 0 Å². The van der Waals surface area contributed by atoms with Gasteiger partial charge in [-0.2, -0.15) is 0 Å². The van der Waals surface area contributed by atoms with Gasteiger partial charge in [0.05, 0.1) is 0 Å². The SMILES string of the molecule is CCC(C)Nc1ccc(NC(=O)c2ccccc2C)nn1. The summed E-state index contributed by atoms with van der Waals surface area (Å²) in [5.74, 6) is 0.973. The van der Waals surface area contributed by atoms with E-state index in [0.29, 0.717) is 23.2 Å². The zero-order chi connectivity index (χ0) is 15.2. The van der Waals surface area contributed by atoms with Crippen LogP contribution in [0.25, 0.3) is 0 Å². The molecule has 1 amide bonds. The molecular formula is C16H20N4O. The lowest BCUT2D eigenvalue weighted by atomic mass is 10.1. The van der Waals surface area contributed by atoms with Gasteiger partial charge in [-0.05, 0) is 44.0 Å². The van der Waals surface area contributed by atoms with Gasteiger partial charge in [0.25, 0.3) is 5.91 Å². The van der Waals surface area contributed by atoms with Crippen LogP contribution in [0.15, 0.2) is 36.4 Å². The third-order valence-electron chi connectivity index (χ3n) is 3.30. The molecule has 0 saturated carbocycles. The van der Waals surface area contributed by atoms with Crippen molar-refractivity contribution in [1.82, 2.24) is 10.2 Å². The number of hydrogen-bond donors (Lipinski definition) is 2. The smallest absolute Gasteiger partial charge is 0.257 e. The Balaban J connectivity index is 2.03. The number of anilines is 2. The summed E-state index contributed by atoms with van der Waals surface area (Å²) in [7, 11) is 0. The predicted octanol–water partition coefficient (Wildman–Crippen LogP) is 3.25. The number of nitrogens with zero attached hydrogens (tertiary/aromatic N) is 2. The Labute approximate surface area is 124 Å². The normalized spacial score (nSPS) is 11.8. The predicted molar refractivity (Wildman–Crippen MR) is 84.5 cm³/mol. The molecule has 0 spiro atoms. The molecule has 1 heterocycles. The van der Waals surface area contributed by atoms with Gasteiger partial charge >= 0.3 is 0 Å². The van der Waals surface area contributed by atoms with Crippen LogP contribution >= 0.6 is 0 Å². The van der Waals surface area contributed by atoms with Gasteiger partial charge in [-0.1, -0.05) is 25.1 Å². The first-order valence-electron chi connectivity index (χ1n) is 7.07. The first-order chi connectivity index (χ1) is 10.1. The molecule has 1 aromatic heterocycles. The average molecular weight is 284 g/mol. The Morgan fingerprint density at radius 3 is 2.43 bits per heavy atom. The van der Waals surface area contributed by atoms with Gasteiger partial charge in [-0.3, -0.25) is 4.79 Å². The molecule has 0 saturated heterocycles. The molecule has 1 unspecified atom stereocenters. The second kappa shape index (κ2) is 6.83. The lowest BCUT2D eigenvalue weighted by Gasteiger charge is -2.11. The molecule has 1 atom stereocenters. The van der Waals surface area contributed by atoms with Crippen molar-refractivity contribution in [2.75, 3.05) is 10.6 Å². The third kappa shape index (κ3) is 4.02. The van der Waals surface area contributed by atoms with Crippen LogP contribution in [0.5, 0.6) is 0 Å². The van der Waals surface area contributed by atoms with Crippen LogP contribution in [-0.2, 0) is 0 Å². The number of hydrogen-bond acceptors (Lipinski definition) is 4. The van der Waals surface area contributed by atoms with Crippen molar-refractivity contribution in [3.05, 3.63) is 47.5 Å². The van der Waals surface area contributed by atoms with E-state index in [1.54, 1.807) is 12.1 Å². The Morgan fingerprint density at radius 2 is 1.81 bits per heavy atom. The highest BCUT2D eigenvalue weighted by Crippen LogP contribution is 2.12. The lowest BCUT2D eigenvalue weighted by molar-refractivity contribution is 0.102. The maximum absolute atomic E-state index is 12.1. The zero-order valence-corrected chi connectivity index (χ0v) is 12.6. The van der Waals surface area contributed by atoms with Crippen molar-refractivity contribution >= 4 is 17.5 Å². The van der Waals surface area contributed by atoms with E-state index in [1.165, 1.54) is 0 Å². The number of rotatable bonds is 5. The molecule has 2 aromatic rings. The molecule has 0 aliphatic rings. The van der Waals surface area contributed by atoms with Crippen molar-refractivity contribution in [1.29, 1.82) is 0 Å². The van der Waals surface area contributed by atoms with Gasteiger partial charge in [0.1, 0.15) is 5.82 Å². The molecule has 5 heteroatoms. The largest absolute Gasteiger partial charge is 0.366 e. The van der Waals surface area contributed by atoms with Gasteiger partial charge in [0.2, 0.25) is 0 Å². The van der Waals surface area contributed by atoms with Crippen LogP contribution in [0.4, 0.5) is 11.6 Å². The first kappa shape index (κ1) is 15.0.